The van der Waals surface area contributed by atoms with Gasteiger partial charge in [0.2, 0.25) is 58.2 Å². The summed E-state index contributed by atoms with van der Waals surface area (Å²) in [6, 6.07) is 0. The number of hydrogen-bond donors (Lipinski definition) is 0. The molecule has 184 valence electrons. The van der Waals surface area contributed by atoms with Crippen LogP contribution in [0.3, 0.4) is 0 Å². The van der Waals surface area contributed by atoms with Crippen LogP contribution in [0, 0.1) is 58.2 Å². The molecule has 0 aliphatic carbocycles. The predicted octanol–water partition coefficient (Wildman–Crippen LogP) is 7.27. The first-order chi connectivity index (χ1) is 15.6. The average Bonchev–Trinajstić information content (AvgIpc) is 2.81. The minimum atomic E-state index is -2.27. The topological polar surface area (TPSA) is 18.5 Å². The fourth-order valence-corrected chi connectivity index (χ4v) is 2.86. The fourth-order valence-electron chi connectivity index (χ4n) is 2.86. The van der Waals surface area contributed by atoms with E-state index in [1.807, 2.05) is 0 Å². The Bertz CT molecular complexity index is 845. The largest absolute Gasteiger partial charge is 0.487 e. The summed E-state index contributed by atoms with van der Waals surface area (Å²) >= 11 is 0. The second kappa shape index (κ2) is 12.0. The summed E-state index contributed by atoms with van der Waals surface area (Å²) in [5.74, 6) is -23.7. The molecule has 33 heavy (non-hydrogen) atoms. The van der Waals surface area contributed by atoms with Gasteiger partial charge in [-0.15, -0.1) is 0 Å². The molecule has 0 atom stereocenters. The highest BCUT2D eigenvalue weighted by atomic mass is 19.2. The summed E-state index contributed by atoms with van der Waals surface area (Å²) in [6.07, 6.45) is 3.56. The molecular formula is C21H18F10O2. The van der Waals surface area contributed by atoms with E-state index in [1.54, 1.807) is 0 Å². The van der Waals surface area contributed by atoms with Crippen LogP contribution in [0.1, 0.15) is 44.9 Å². The summed E-state index contributed by atoms with van der Waals surface area (Å²) in [4.78, 5) is 0. The molecule has 0 bridgehead atoms. The third-order valence-electron chi connectivity index (χ3n) is 4.62. The highest BCUT2D eigenvalue weighted by molar-refractivity contribution is 5.30. The molecule has 0 saturated carbocycles. The van der Waals surface area contributed by atoms with Gasteiger partial charge in [0.25, 0.3) is 0 Å². The molecule has 2 aromatic carbocycles. The van der Waals surface area contributed by atoms with E-state index in [2.05, 4.69) is 9.47 Å². The second-order valence-corrected chi connectivity index (χ2v) is 6.97. The lowest BCUT2D eigenvalue weighted by Gasteiger charge is -2.10. The van der Waals surface area contributed by atoms with Crippen LogP contribution < -0.4 is 9.47 Å². The zero-order chi connectivity index (χ0) is 24.7. The van der Waals surface area contributed by atoms with Crippen molar-refractivity contribution in [2.24, 2.45) is 0 Å². The van der Waals surface area contributed by atoms with Crippen LogP contribution in [-0.2, 0) is 0 Å². The van der Waals surface area contributed by atoms with Gasteiger partial charge in [-0.25, -0.2) is 26.3 Å². The molecule has 0 unspecified atom stereocenters. The highest BCUT2D eigenvalue weighted by Gasteiger charge is 2.28. The van der Waals surface area contributed by atoms with Crippen LogP contribution in [0.15, 0.2) is 0 Å². The van der Waals surface area contributed by atoms with E-state index >= 15 is 0 Å². The molecule has 2 rings (SSSR count). The van der Waals surface area contributed by atoms with Crippen LogP contribution in [0.2, 0.25) is 0 Å². The molecule has 0 N–H and O–H groups in total. The van der Waals surface area contributed by atoms with Gasteiger partial charge in [-0.05, 0) is 12.8 Å². The molecule has 0 aromatic heterocycles. The van der Waals surface area contributed by atoms with Gasteiger partial charge >= 0.3 is 0 Å². The van der Waals surface area contributed by atoms with Crippen molar-refractivity contribution in [2.75, 3.05) is 13.2 Å². The molecule has 2 nitrogen and oxygen atoms in total. The molecule has 0 saturated heterocycles. The first-order valence-electron chi connectivity index (χ1n) is 9.88. The maximum absolute atomic E-state index is 13.4. The molecule has 0 fully saturated rings. The van der Waals surface area contributed by atoms with Crippen molar-refractivity contribution in [1.29, 1.82) is 0 Å². The van der Waals surface area contributed by atoms with E-state index in [4.69, 9.17) is 0 Å². The third-order valence-corrected chi connectivity index (χ3v) is 4.62. The first kappa shape index (κ1) is 26.6. The summed E-state index contributed by atoms with van der Waals surface area (Å²) in [5, 5.41) is 0. The number of hydrogen-bond acceptors (Lipinski definition) is 2. The fraction of sp³-hybridized carbons (Fsp3) is 0.429. The quantitative estimate of drug-likeness (QED) is 0.134. The number of halogens is 10. The maximum atomic E-state index is 13.4. The standard InChI is InChI=1S/C21H18F10O2/c22-10-12(24)16(28)20(17(29)13(10)25)32-8-6-4-2-1-3-5-7-9-33-21-18(30)14(26)11(23)15(27)19(21)31/h1-9H2. The second-order valence-electron chi connectivity index (χ2n) is 6.97. The molecule has 0 heterocycles. The predicted molar refractivity (Wildman–Crippen MR) is 95.8 cm³/mol. The van der Waals surface area contributed by atoms with Crippen molar-refractivity contribution in [3.63, 3.8) is 0 Å². The van der Waals surface area contributed by atoms with Crippen LogP contribution in [0.5, 0.6) is 11.5 Å². The normalized spacial score (nSPS) is 11.2. The van der Waals surface area contributed by atoms with Crippen LogP contribution in [0.4, 0.5) is 43.9 Å². The average molecular weight is 492 g/mol. The van der Waals surface area contributed by atoms with E-state index in [-0.39, 0.29) is 26.1 Å². The van der Waals surface area contributed by atoms with E-state index < -0.39 is 69.7 Å². The van der Waals surface area contributed by atoms with Gasteiger partial charge < -0.3 is 9.47 Å². The van der Waals surface area contributed by atoms with Gasteiger partial charge in [0, 0.05) is 0 Å². The zero-order valence-electron chi connectivity index (χ0n) is 17.0. The van der Waals surface area contributed by atoms with Crippen molar-refractivity contribution in [3.05, 3.63) is 58.2 Å². The van der Waals surface area contributed by atoms with Crippen molar-refractivity contribution in [1.82, 2.24) is 0 Å². The monoisotopic (exact) mass is 492 g/mol. The van der Waals surface area contributed by atoms with Gasteiger partial charge in [-0.3, -0.25) is 0 Å². The Morgan fingerprint density at radius 1 is 0.303 bits per heavy atom. The molecule has 2 aromatic rings. The Kier molecular flexibility index (Phi) is 9.66. The molecule has 0 aliphatic rings. The summed E-state index contributed by atoms with van der Waals surface area (Å²) in [6.45, 7) is -0.539. The Morgan fingerprint density at radius 2 is 0.515 bits per heavy atom. The Labute approximate surface area is 182 Å². The number of benzene rings is 2. The van der Waals surface area contributed by atoms with Gasteiger partial charge in [-0.1, -0.05) is 32.1 Å². The minimum absolute atomic E-state index is 0.270. The zero-order valence-corrected chi connectivity index (χ0v) is 17.0. The van der Waals surface area contributed by atoms with E-state index in [1.165, 1.54) is 0 Å². The van der Waals surface area contributed by atoms with Crippen LogP contribution in [0.25, 0.3) is 0 Å². The summed E-state index contributed by atoms with van der Waals surface area (Å²) < 4.78 is 141. The maximum Gasteiger partial charge on any atom is 0.206 e. The van der Waals surface area contributed by atoms with E-state index in [0.717, 1.165) is 0 Å². The lowest BCUT2D eigenvalue weighted by atomic mass is 10.1. The molecule has 0 spiro atoms. The first-order valence-corrected chi connectivity index (χ1v) is 9.88. The highest BCUT2D eigenvalue weighted by Crippen LogP contribution is 2.30. The van der Waals surface area contributed by atoms with Crippen LogP contribution in [-0.4, -0.2) is 13.2 Å². The molecule has 0 radical (unpaired) electrons. The summed E-state index contributed by atoms with van der Waals surface area (Å²) in [5.41, 5.74) is 0. The third kappa shape index (κ3) is 6.23. The Morgan fingerprint density at radius 3 is 0.788 bits per heavy atom. The number of ether oxygens (including phenoxy) is 2. The van der Waals surface area contributed by atoms with Gasteiger partial charge in [0.1, 0.15) is 0 Å². The van der Waals surface area contributed by atoms with E-state index in [9.17, 15) is 43.9 Å². The van der Waals surface area contributed by atoms with Crippen molar-refractivity contribution in [3.8, 4) is 11.5 Å². The van der Waals surface area contributed by atoms with Crippen LogP contribution >= 0.6 is 0 Å². The van der Waals surface area contributed by atoms with Crippen molar-refractivity contribution >= 4 is 0 Å². The molecule has 0 aliphatic heterocycles. The van der Waals surface area contributed by atoms with Crippen molar-refractivity contribution in [2.45, 2.75) is 44.9 Å². The van der Waals surface area contributed by atoms with Crippen molar-refractivity contribution < 1.29 is 53.4 Å². The number of unbranched alkanes of at least 4 members (excludes halogenated alkanes) is 6. The molecule has 12 heteroatoms. The number of rotatable bonds is 12. The Hall–Kier alpha value is -2.66. The van der Waals surface area contributed by atoms with Gasteiger partial charge in [0.15, 0.2) is 11.5 Å². The SMILES string of the molecule is Fc1c(F)c(F)c(OCCCCCCCCCOc2c(F)c(F)c(F)c(F)c2F)c(F)c1F. The summed E-state index contributed by atoms with van der Waals surface area (Å²) in [7, 11) is 0. The molecular weight excluding hydrogens is 474 g/mol. The Balaban J connectivity index is 1.61. The lowest BCUT2D eigenvalue weighted by Crippen LogP contribution is -2.08. The molecule has 0 amide bonds. The van der Waals surface area contributed by atoms with E-state index in [0.29, 0.717) is 32.1 Å². The van der Waals surface area contributed by atoms with Gasteiger partial charge in [-0.2, -0.15) is 17.6 Å². The minimum Gasteiger partial charge on any atom is -0.487 e. The lowest BCUT2D eigenvalue weighted by molar-refractivity contribution is 0.253. The van der Waals surface area contributed by atoms with Gasteiger partial charge in [0.05, 0.1) is 13.2 Å². The smallest absolute Gasteiger partial charge is 0.206 e.